The van der Waals surface area contributed by atoms with Crippen molar-refractivity contribution in [2.24, 2.45) is 0 Å². The number of para-hydroxylation sites is 1. The van der Waals surface area contributed by atoms with Gasteiger partial charge in [-0.25, -0.2) is 0 Å². The lowest BCUT2D eigenvalue weighted by Gasteiger charge is -2.21. The number of aliphatic hydroxyl groups excluding tert-OH is 1. The van der Waals surface area contributed by atoms with E-state index in [9.17, 15) is 0 Å². The number of aliphatic hydroxyl groups is 1. The van der Waals surface area contributed by atoms with Gasteiger partial charge < -0.3 is 15.1 Å². The lowest BCUT2D eigenvalue weighted by molar-refractivity contribution is 0.288. The molecule has 1 aliphatic heterocycles. The minimum atomic E-state index is 0.203. The first-order valence-corrected chi connectivity index (χ1v) is 8.45. The number of rotatable bonds is 5. The van der Waals surface area contributed by atoms with E-state index in [1.807, 2.05) is 11.2 Å². The standard InChI is InChI=1S/C19H22N4O/c1-2-22-18-8-4-3-7-16(18)17-12-14(9-10-19(17)22)23-15(6-5-11-24)13-20-21-23/h3-4,7-10,12-13,20-21,24H,2,5-6,11H2,1H3. The first-order chi connectivity index (χ1) is 11.8. The number of hydrogen-bond acceptors (Lipinski definition) is 4. The topological polar surface area (TPSA) is 52.5 Å². The van der Waals surface area contributed by atoms with Crippen molar-refractivity contribution in [2.75, 3.05) is 11.6 Å². The molecule has 0 fully saturated rings. The molecule has 24 heavy (non-hydrogen) atoms. The van der Waals surface area contributed by atoms with Crippen LogP contribution in [0.1, 0.15) is 19.8 Å². The number of aromatic nitrogens is 1. The minimum Gasteiger partial charge on any atom is -0.396 e. The molecule has 4 rings (SSSR count). The molecule has 1 aromatic heterocycles. The number of fused-ring (bicyclic) bond motifs is 3. The summed E-state index contributed by atoms with van der Waals surface area (Å²) in [7, 11) is 0. The van der Waals surface area contributed by atoms with E-state index in [-0.39, 0.29) is 6.61 Å². The van der Waals surface area contributed by atoms with Gasteiger partial charge in [0.25, 0.3) is 0 Å². The molecule has 5 nitrogen and oxygen atoms in total. The number of anilines is 1. The van der Waals surface area contributed by atoms with Gasteiger partial charge in [0.1, 0.15) is 0 Å². The molecule has 2 aromatic carbocycles. The third-order valence-electron chi connectivity index (χ3n) is 4.62. The normalized spacial score (nSPS) is 14.4. The second-order valence-electron chi connectivity index (χ2n) is 6.02. The van der Waals surface area contributed by atoms with E-state index in [1.165, 1.54) is 21.8 Å². The van der Waals surface area contributed by atoms with E-state index in [0.717, 1.165) is 30.8 Å². The Morgan fingerprint density at radius 3 is 2.71 bits per heavy atom. The van der Waals surface area contributed by atoms with Crippen LogP contribution in [0.2, 0.25) is 0 Å². The summed E-state index contributed by atoms with van der Waals surface area (Å²) in [4.78, 5) is 0. The van der Waals surface area contributed by atoms with Gasteiger partial charge in [0, 0.05) is 41.2 Å². The van der Waals surface area contributed by atoms with Crippen molar-refractivity contribution in [3.8, 4) is 0 Å². The van der Waals surface area contributed by atoms with Crippen LogP contribution in [-0.4, -0.2) is 16.3 Å². The fraction of sp³-hybridized carbons (Fsp3) is 0.263. The van der Waals surface area contributed by atoms with Crippen molar-refractivity contribution < 1.29 is 5.11 Å². The van der Waals surface area contributed by atoms with Crippen LogP contribution in [0.25, 0.3) is 21.8 Å². The maximum atomic E-state index is 9.08. The maximum absolute atomic E-state index is 9.08. The summed E-state index contributed by atoms with van der Waals surface area (Å²) in [5, 5.41) is 13.7. The van der Waals surface area contributed by atoms with Crippen molar-refractivity contribution in [1.82, 2.24) is 15.5 Å². The average molecular weight is 322 g/mol. The summed E-state index contributed by atoms with van der Waals surface area (Å²) in [5.74, 6) is 0. The van der Waals surface area contributed by atoms with Crippen LogP contribution in [0.3, 0.4) is 0 Å². The average Bonchev–Trinajstić information content (AvgIpc) is 3.21. The van der Waals surface area contributed by atoms with Crippen molar-refractivity contribution in [3.05, 3.63) is 54.4 Å². The zero-order chi connectivity index (χ0) is 16.5. The van der Waals surface area contributed by atoms with Gasteiger partial charge in [-0.3, -0.25) is 5.01 Å². The zero-order valence-electron chi connectivity index (χ0n) is 13.8. The second kappa shape index (κ2) is 6.19. The third kappa shape index (κ3) is 2.33. The lowest BCUT2D eigenvalue weighted by Crippen LogP contribution is -2.37. The molecule has 0 unspecified atom stereocenters. The molecule has 0 atom stereocenters. The fourth-order valence-electron chi connectivity index (χ4n) is 3.51. The number of hydrazine groups is 2. The first kappa shape index (κ1) is 15.1. The Bertz CT molecular complexity index is 912. The highest BCUT2D eigenvalue weighted by Gasteiger charge is 2.18. The summed E-state index contributed by atoms with van der Waals surface area (Å²) in [5.41, 5.74) is 11.0. The molecule has 0 aliphatic carbocycles. The Morgan fingerprint density at radius 2 is 1.88 bits per heavy atom. The highest BCUT2D eigenvalue weighted by Crippen LogP contribution is 2.33. The molecule has 124 valence electrons. The second-order valence-corrected chi connectivity index (χ2v) is 6.02. The van der Waals surface area contributed by atoms with Crippen LogP contribution < -0.4 is 16.0 Å². The number of nitrogens with zero attached hydrogens (tertiary/aromatic N) is 2. The van der Waals surface area contributed by atoms with Crippen molar-refractivity contribution >= 4 is 27.5 Å². The highest BCUT2D eigenvalue weighted by atomic mass is 16.2. The quantitative estimate of drug-likeness (QED) is 0.675. The molecular weight excluding hydrogens is 300 g/mol. The van der Waals surface area contributed by atoms with Crippen LogP contribution in [0.5, 0.6) is 0 Å². The van der Waals surface area contributed by atoms with Crippen LogP contribution in [0.4, 0.5) is 5.69 Å². The molecule has 1 aliphatic rings. The Balaban J connectivity index is 1.81. The summed E-state index contributed by atoms with van der Waals surface area (Å²) in [6, 6.07) is 15.1. The van der Waals surface area contributed by atoms with Gasteiger partial charge in [-0.15, -0.1) is 5.53 Å². The van der Waals surface area contributed by atoms with Gasteiger partial charge in [0.15, 0.2) is 0 Å². The van der Waals surface area contributed by atoms with Gasteiger partial charge in [-0.1, -0.05) is 18.2 Å². The predicted octanol–water partition coefficient (Wildman–Crippen LogP) is 3.26. The predicted molar refractivity (Wildman–Crippen MR) is 98.3 cm³/mol. The Morgan fingerprint density at radius 1 is 1.04 bits per heavy atom. The van der Waals surface area contributed by atoms with E-state index in [4.69, 9.17) is 5.11 Å². The number of aryl methyl sites for hydroxylation is 1. The first-order valence-electron chi connectivity index (χ1n) is 8.45. The molecule has 0 radical (unpaired) electrons. The maximum Gasteiger partial charge on any atom is 0.0600 e. The van der Waals surface area contributed by atoms with E-state index in [0.29, 0.717) is 0 Å². The Labute approximate surface area is 141 Å². The molecule has 0 amide bonds. The van der Waals surface area contributed by atoms with Gasteiger partial charge in [0.2, 0.25) is 0 Å². The molecule has 0 saturated heterocycles. The molecule has 0 bridgehead atoms. The summed E-state index contributed by atoms with van der Waals surface area (Å²) < 4.78 is 2.35. The molecule has 0 saturated carbocycles. The van der Waals surface area contributed by atoms with Crippen molar-refractivity contribution in [2.45, 2.75) is 26.3 Å². The van der Waals surface area contributed by atoms with E-state index in [2.05, 4.69) is 64.9 Å². The monoisotopic (exact) mass is 322 g/mol. The third-order valence-corrected chi connectivity index (χ3v) is 4.62. The molecule has 3 aromatic rings. The fourth-order valence-corrected chi connectivity index (χ4v) is 3.51. The van der Waals surface area contributed by atoms with Crippen LogP contribution >= 0.6 is 0 Å². The van der Waals surface area contributed by atoms with E-state index < -0.39 is 0 Å². The Hall–Kier alpha value is -2.50. The van der Waals surface area contributed by atoms with Gasteiger partial charge in [0.05, 0.1) is 11.4 Å². The lowest BCUT2D eigenvalue weighted by atomic mass is 10.1. The summed E-state index contributed by atoms with van der Waals surface area (Å²) >= 11 is 0. The minimum absolute atomic E-state index is 0.203. The number of hydrogen-bond donors (Lipinski definition) is 3. The van der Waals surface area contributed by atoms with Crippen molar-refractivity contribution in [3.63, 3.8) is 0 Å². The Kier molecular flexibility index (Phi) is 3.88. The smallest absolute Gasteiger partial charge is 0.0600 e. The van der Waals surface area contributed by atoms with Crippen LogP contribution in [0.15, 0.2) is 54.4 Å². The number of allylic oxidation sites excluding steroid dienone is 1. The van der Waals surface area contributed by atoms with Crippen LogP contribution in [-0.2, 0) is 6.54 Å². The SMILES string of the molecule is CCn1c2ccccc2c2cc(N3NNC=C3CCCO)ccc21. The zero-order valence-corrected chi connectivity index (χ0v) is 13.8. The number of nitrogens with one attached hydrogen (secondary N) is 2. The molecule has 3 N–H and O–H groups in total. The highest BCUT2D eigenvalue weighted by molar-refractivity contribution is 6.09. The van der Waals surface area contributed by atoms with Gasteiger partial charge in [-0.05, 0) is 44.0 Å². The van der Waals surface area contributed by atoms with Gasteiger partial charge in [-0.2, -0.15) is 0 Å². The summed E-state index contributed by atoms with van der Waals surface area (Å²) in [6.45, 7) is 3.34. The van der Waals surface area contributed by atoms with E-state index in [1.54, 1.807) is 0 Å². The largest absolute Gasteiger partial charge is 0.396 e. The molecular formula is C19H22N4O. The molecule has 5 heteroatoms. The molecule has 0 spiro atoms. The van der Waals surface area contributed by atoms with Crippen LogP contribution in [0, 0.1) is 0 Å². The summed E-state index contributed by atoms with van der Waals surface area (Å²) in [6.07, 6.45) is 3.53. The number of benzene rings is 2. The molecule has 2 heterocycles. The van der Waals surface area contributed by atoms with Gasteiger partial charge >= 0.3 is 0 Å². The van der Waals surface area contributed by atoms with Crippen molar-refractivity contribution in [1.29, 1.82) is 0 Å². The van der Waals surface area contributed by atoms with E-state index >= 15 is 0 Å².